The van der Waals surface area contributed by atoms with Crippen molar-refractivity contribution in [3.05, 3.63) is 15.6 Å². The van der Waals surface area contributed by atoms with Gasteiger partial charge in [0.15, 0.2) is 0 Å². The lowest BCUT2D eigenvalue weighted by Crippen LogP contribution is -2.23. The maximum Gasteiger partial charge on any atom is 0.0900 e. The van der Waals surface area contributed by atoms with E-state index in [2.05, 4.69) is 44.9 Å². The van der Waals surface area contributed by atoms with E-state index in [1.54, 1.807) is 11.3 Å². The number of rotatable bonds is 4. The number of aryl methyl sites for hydroxylation is 2. The van der Waals surface area contributed by atoms with Crippen molar-refractivity contribution < 1.29 is 0 Å². The Morgan fingerprint density at radius 2 is 1.93 bits per heavy atom. The largest absolute Gasteiger partial charge is 0.309 e. The molecule has 0 aliphatic rings. The number of thiazole rings is 1. The second kappa shape index (κ2) is 4.89. The molecule has 0 fully saturated rings. The number of hydrogen-bond acceptors (Lipinski definition) is 3. The van der Waals surface area contributed by atoms with E-state index >= 15 is 0 Å². The van der Waals surface area contributed by atoms with E-state index in [1.165, 1.54) is 10.6 Å². The Labute approximate surface area is 90.8 Å². The average molecular weight is 212 g/mol. The molecule has 80 valence electrons. The normalized spacial score (nSPS) is 13.6. The predicted molar refractivity (Wildman–Crippen MR) is 62.8 cm³/mol. The SMILES string of the molecule is Cc1nc(C)c(C(C)NCC(C)C)s1. The van der Waals surface area contributed by atoms with Crippen LogP contribution in [-0.4, -0.2) is 11.5 Å². The fourth-order valence-corrected chi connectivity index (χ4v) is 2.41. The van der Waals surface area contributed by atoms with Crippen LogP contribution in [0.3, 0.4) is 0 Å². The smallest absolute Gasteiger partial charge is 0.0900 e. The van der Waals surface area contributed by atoms with Crippen LogP contribution >= 0.6 is 11.3 Å². The molecule has 1 N–H and O–H groups in total. The first-order valence-electron chi connectivity index (χ1n) is 5.18. The van der Waals surface area contributed by atoms with Gasteiger partial charge < -0.3 is 5.32 Å². The molecule has 14 heavy (non-hydrogen) atoms. The van der Waals surface area contributed by atoms with Gasteiger partial charge in [0.05, 0.1) is 10.7 Å². The molecule has 1 heterocycles. The summed E-state index contributed by atoms with van der Waals surface area (Å²) in [6.45, 7) is 11.9. The van der Waals surface area contributed by atoms with Crippen LogP contribution in [0.2, 0.25) is 0 Å². The van der Waals surface area contributed by atoms with Gasteiger partial charge in [0.25, 0.3) is 0 Å². The highest BCUT2D eigenvalue weighted by Gasteiger charge is 2.12. The fourth-order valence-electron chi connectivity index (χ4n) is 1.45. The lowest BCUT2D eigenvalue weighted by atomic mass is 10.2. The second-order valence-corrected chi connectivity index (χ2v) is 5.44. The lowest BCUT2D eigenvalue weighted by molar-refractivity contribution is 0.499. The van der Waals surface area contributed by atoms with Crippen LogP contribution in [-0.2, 0) is 0 Å². The molecule has 0 bridgehead atoms. The summed E-state index contributed by atoms with van der Waals surface area (Å²) in [5.74, 6) is 0.701. The topological polar surface area (TPSA) is 24.9 Å². The molecule has 1 atom stereocenters. The summed E-state index contributed by atoms with van der Waals surface area (Å²) in [4.78, 5) is 5.82. The van der Waals surface area contributed by atoms with E-state index in [9.17, 15) is 0 Å². The maximum atomic E-state index is 4.44. The summed E-state index contributed by atoms with van der Waals surface area (Å²) >= 11 is 1.80. The van der Waals surface area contributed by atoms with E-state index in [4.69, 9.17) is 0 Å². The molecule has 1 unspecified atom stereocenters. The van der Waals surface area contributed by atoms with Gasteiger partial charge in [-0.3, -0.25) is 0 Å². The quantitative estimate of drug-likeness (QED) is 0.829. The summed E-state index contributed by atoms with van der Waals surface area (Å²) in [6, 6.07) is 0.434. The van der Waals surface area contributed by atoms with E-state index in [0.29, 0.717) is 12.0 Å². The molecule has 0 saturated heterocycles. The lowest BCUT2D eigenvalue weighted by Gasteiger charge is -2.14. The molecule has 0 spiro atoms. The van der Waals surface area contributed by atoms with Crippen LogP contribution in [0.15, 0.2) is 0 Å². The van der Waals surface area contributed by atoms with Gasteiger partial charge in [-0.2, -0.15) is 0 Å². The molecular weight excluding hydrogens is 192 g/mol. The van der Waals surface area contributed by atoms with Crippen LogP contribution in [0, 0.1) is 19.8 Å². The van der Waals surface area contributed by atoms with Crippen molar-refractivity contribution in [1.29, 1.82) is 0 Å². The van der Waals surface area contributed by atoms with Crippen molar-refractivity contribution in [2.75, 3.05) is 6.54 Å². The molecule has 0 radical (unpaired) electrons. The van der Waals surface area contributed by atoms with Crippen LogP contribution in [0.25, 0.3) is 0 Å². The van der Waals surface area contributed by atoms with Crippen molar-refractivity contribution in [1.82, 2.24) is 10.3 Å². The molecule has 0 saturated carbocycles. The average Bonchev–Trinajstić information content (AvgIpc) is 2.41. The molecule has 3 heteroatoms. The van der Waals surface area contributed by atoms with Gasteiger partial charge >= 0.3 is 0 Å². The fraction of sp³-hybridized carbons (Fsp3) is 0.727. The van der Waals surface area contributed by atoms with Gasteiger partial charge in [-0.1, -0.05) is 13.8 Å². The summed E-state index contributed by atoms with van der Waals surface area (Å²) < 4.78 is 0. The Hall–Kier alpha value is -0.410. The zero-order valence-corrected chi connectivity index (χ0v) is 10.5. The molecule has 1 aromatic rings. The van der Waals surface area contributed by atoms with E-state index in [-0.39, 0.29) is 0 Å². The van der Waals surface area contributed by atoms with Crippen LogP contribution in [0.5, 0.6) is 0 Å². The van der Waals surface area contributed by atoms with Gasteiger partial charge in [-0.15, -0.1) is 11.3 Å². The van der Waals surface area contributed by atoms with E-state index in [1.807, 2.05) is 0 Å². The first-order chi connectivity index (χ1) is 6.50. The monoisotopic (exact) mass is 212 g/mol. The number of hydrogen-bond donors (Lipinski definition) is 1. The third kappa shape index (κ3) is 3.07. The minimum absolute atomic E-state index is 0.434. The molecule has 1 rings (SSSR count). The Kier molecular flexibility index (Phi) is 4.08. The molecule has 2 nitrogen and oxygen atoms in total. The van der Waals surface area contributed by atoms with Gasteiger partial charge in [0, 0.05) is 10.9 Å². The molecule has 0 aliphatic carbocycles. The Balaban J connectivity index is 2.60. The standard InChI is InChI=1S/C11H20N2S/c1-7(2)6-12-8(3)11-9(4)13-10(5)14-11/h7-8,12H,6H2,1-5H3. The highest BCUT2D eigenvalue weighted by Crippen LogP contribution is 2.24. The van der Waals surface area contributed by atoms with E-state index in [0.717, 1.165) is 11.6 Å². The Morgan fingerprint density at radius 1 is 1.29 bits per heavy atom. The van der Waals surface area contributed by atoms with Crippen LogP contribution < -0.4 is 5.32 Å². The third-order valence-electron chi connectivity index (χ3n) is 2.16. The van der Waals surface area contributed by atoms with Gasteiger partial charge in [0.2, 0.25) is 0 Å². The first-order valence-corrected chi connectivity index (χ1v) is 5.99. The molecule has 0 amide bonds. The predicted octanol–water partition coefficient (Wildman–Crippen LogP) is 3.07. The summed E-state index contributed by atoms with van der Waals surface area (Å²) in [7, 11) is 0. The molecule has 1 aromatic heterocycles. The zero-order valence-electron chi connectivity index (χ0n) is 9.72. The maximum absolute atomic E-state index is 4.44. The first kappa shape index (κ1) is 11.7. The minimum atomic E-state index is 0.434. The van der Waals surface area contributed by atoms with Crippen LogP contribution in [0.4, 0.5) is 0 Å². The van der Waals surface area contributed by atoms with Gasteiger partial charge in [-0.25, -0.2) is 4.98 Å². The number of nitrogens with zero attached hydrogens (tertiary/aromatic N) is 1. The molecular formula is C11H20N2S. The summed E-state index contributed by atoms with van der Waals surface area (Å²) in [5, 5.41) is 4.69. The second-order valence-electron chi connectivity index (χ2n) is 4.21. The van der Waals surface area contributed by atoms with Crippen molar-refractivity contribution in [3.8, 4) is 0 Å². The van der Waals surface area contributed by atoms with Crippen molar-refractivity contribution in [2.45, 2.75) is 40.7 Å². The Morgan fingerprint density at radius 3 is 2.36 bits per heavy atom. The molecule has 0 aliphatic heterocycles. The van der Waals surface area contributed by atoms with Crippen LogP contribution in [0.1, 0.15) is 42.4 Å². The van der Waals surface area contributed by atoms with Crippen molar-refractivity contribution in [2.24, 2.45) is 5.92 Å². The number of aromatic nitrogens is 1. The highest BCUT2D eigenvalue weighted by molar-refractivity contribution is 7.11. The summed E-state index contributed by atoms with van der Waals surface area (Å²) in [5.41, 5.74) is 1.18. The van der Waals surface area contributed by atoms with E-state index < -0.39 is 0 Å². The Bertz CT molecular complexity index is 291. The number of nitrogens with one attached hydrogen (secondary N) is 1. The third-order valence-corrected chi connectivity index (χ3v) is 3.42. The summed E-state index contributed by atoms with van der Waals surface area (Å²) in [6.07, 6.45) is 0. The zero-order chi connectivity index (χ0) is 10.7. The molecule has 0 aromatic carbocycles. The van der Waals surface area contributed by atoms with Gasteiger partial charge in [-0.05, 0) is 33.2 Å². The minimum Gasteiger partial charge on any atom is -0.309 e. The highest BCUT2D eigenvalue weighted by atomic mass is 32.1. The van der Waals surface area contributed by atoms with Gasteiger partial charge in [0.1, 0.15) is 0 Å². The van der Waals surface area contributed by atoms with Crippen molar-refractivity contribution in [3.63, 3.8) is 0 Å². The van der Waals surface area contributed by atoms with Crippen molar-refractivity contribution >= 4 is 11.3 Å².